The number of aliphatic hydroxyl groups is 1. The van der Waals surface area contributed by atoms with E-state index >= 15 is 0 Å². The molecule has 0 bridgehead atoms. The van der Waals surface area contributed by atoms with Crippen LogP contribution in [-0.2, 0) is 0 Å². The molecule has 2 aromatic heterocycles. The van der Waals surface area contributed by atoms with Crippen LogP contribution in [0.5, 0.6) is 11.5 Å². The number of amides is 1. The second-order valence-corrected chi connectivity index (χ2v) is 8.57. The fourth-order valence-corrected chi connectivity index (χ4v) is 3.74. The third-order valence-corrected chi connectivity index (χ3v) is 5.62. The zero-order valence-corrected chi connectivity index (χ0v) is 20.8. The van der Waals surface area contributed by atoms with Crippen LogP contribution >= 0.6 is 0 Å². The van der Waals surface area contributed by atoms with Gasteiger partial charge in [-0.15, -0.1) is 0 Å². The van der Waals surface area contributed by atoms with Gasteiger partial charge in [0.15, 0.2) is 11.5 Å². The van der Waals surface area contributed by atoms with Crippen LogP contribution in [0.4, 0.5) is 16.0 Å². The van der Waals surface area contributed by atoms with E-state index in [1.807, 2.05) is 13.0 Å². The lowest BCUT2D eigenvalue weighted by molar-refractivity contribution is 0.0927. The molecule has 0 aliphatic carbocycles. The van der Waals surface area contributed by atoms with Crippen molar-refractivity contribution in [2.24, 2.45) is 0 Å². The summed E-state index contributed by atoms with van der Waals surface area (Å²) in [4.78, 5) is 21.9. The molecule has 0 saturated heterocycles. The van der Waals surface area contributed by atoms with Crippen molar-refractivity contribution in [2.45, 2.75) is 26.8 Å². The number of nitrogens with zero attached hydrogens (tertiary/aromatic N) is 3. The van der Waals surface area contributed by atoms with Crippen molar-refractivity contribution < 1.29 is 23.8 Å². The molecule has 1 aliphatic rings. The number of ether oxygens (including phenoxy) is 2. The number of allylic oxidation sites excluding steroid dienone is 3. The summed E-state index contributed by atoms with van der Waals surface area (Å²) in [6.07, 6.45) is 7.81. The summed E-state index contributed by atoms with van der Waals surface area (Å²) in [5.41, 5.74) is 3.03. The topological polar surface area (TPSA) is 111 Å². The number of halogens is 1. The summed E-state index contributed by atoms with van der Waals surface area (Å²) in [7, 11) is 0. The molecule has 1 aliphatic heterocycles. The second kappa shape index (κ2) is 11.1. The molecule has 1 aromatic carbocycles. The first-order chi connectivity index (χ1) is 17.7. The number of aryl methyl sites for hydroxylation is 1. The number of carbonyl (C=O) groups is 1. The number of anilines is 2. The highest BCUT2D eigenvalue weighted by Crippen LogP contribution is 2.34. The fraction of sp³-hybridized carbons (Fsp3) is 0.222. The van der Waals surface area contributed by atoms with Gasteiger partial charge in [-0.1, -0.05) is 18.2 Å². The Balaban J connectivity index is 1.52. The van der Waals surface area contributed by atoms with Gasteiger partial charge >= 0.3 is 0 Å². The van der Waals surface area contributed by atoms with Crippen molar-refractivity contribution >= 4 is 17.5 Å². The maximum Gasteiger partial charge on any atom is 0.253 e. The van der Waals surface area contributed by atoms with E-state index in [4.69, 9.17) is 9.47 Å². The van der Waals surface area contributed by atoms with E-state index in [1.165, 1.54) is 19.1 Å². The molecule has 1 unspecified atom stereocenters. The van der Waals surface area contributed by atoms with Crippen molar-refractivity contribution in [3.8, 4) is 17.3 Å². The predicted molar refractivity (Wildman–Crippen MR) is 138 cm³/mol. The van der Waals surface area contributed by atoms with Crippen LogP contribution in [-0.4, -0.2) is 45.0 Å². The van der Waals surface area contributed by atoms with Gasteiger partial charge in [-0.3, -0.25) is 4.79 Å². The zero-order valence-electron chi connectivity index (χ0n) is 20.8. The molecule has 0 radical (unpaired) electrons. The fourth-order valence-electron chi connectivity index (χ4n) is 3.74. The Morgan fingerprint density at radius 1 is 1.27 bits per heavy atom. The molecule has 0 fully saturated rings. The number of hydrogen-bond donors (Lipinski definition) is 3. The minimum Gasteiger partial charge on any atom is -0.454 e. The van der Waals surface area contributed by atoms with Crippen LogP contribution in [0.3, 0.4) is 0 Å². The SMILES string of the molecule is C=C(C)/C(=C\C=C(/C)F)C(CO)NC(=O)c1ccn(-c2nc(Nc3ccc4c(c3)OCO4)ncc2C)c1. The molecular weight excluding hydrogens is 477 g/mol. The van der Waals surface area contributed by atoms with Gasteiger partial charge in [0.2, 0.25) is 12.7 Å². The van der Waals surface area contributed by atoms with Crippen LogP contribution in [0.25, 0.3) is 5.82 Å². The van der Waals surface area contributed by atoms with E-state index in [0.717, 1.165) is 11.3 Å². The minimum absolute atomic E-state index is 0.186. The van der Waals surface area contributed by atoms with Crippen LogP contribution in [0, 0.1) is 6.92 Å². The van der Waals surface area contributed by atoms with Crippen LogP contribution in [0.15, 0.2) is 78.6 Å². The summed E-state index contributed by atoms with van der Waals surface area (Å²) in [5.74, 6) is 1.47. The first-order valence-electron chi connectivity index (χ1n) is 11.6. The van der Waals surface area contributed by atoms with E-state index in [0.29, 0.717) is 40.0 Å². The Labute approximate surface area is 214 Å². The monoisotopic (exact) mass is 505 g/mol. The Kier molecular flexibility index (Phi) is 7.69. The Morgan fingerprint density at radius 3 is 2.78 bits per heavy atom. The summed E-state index contributed by atoms with van der Waals surface area (Å²) in [5, 5.41) is 15.8. The number of rotatable bonds is 9. The maximum absolute atomic E-state index is 13.2. The van der Waals surface area contributed by atoms with Crippen LogP contribution in [0.2, 0.25) is 0 Å². The molecule has 3 N–H and O–H groups in total. The van der Waals surface area contributed by atoms with Gasteiger partial charge in [-0.25, -0.2) is 9.37 Å². The van der Waals surface area contributed by atoms with Gasteiger partial charge in [0.25, 0.3) is 5.91 Å². The average molecular weight is 506 g/mol. The average Bonchev–Trinajstić information content (AvgIpc) is 3.54. The molecule has 1 atom stereocenters. The highest BCUT2D eigenvalue weighted by atomic mass is 19.1. The van der Waals surface area contributed by atoms with E-state index in [2.05, 4.69) is 27.2 Å². The zero-order chi connectivity index (χ0) is 26.5. The molecule has 0 saturated carbocycles. The van der Waals surface area contributed by atoms with Crippen LogP contribution in [0.1, 0.15) is 29.8 Å². The number of fused-ring (bicyclic) bond motifs is 1. The molecule has 192 valence electrons. The highest BCUT2D eigenvalue weighted by Gasteiger charge is 2.19. The number of hydrogen-bond acceptors (Lipinski definition) is 7. The summed E-state index contributed by atoms with van der Waals surface area (Å²) >= 11 is 0. The lowest BCUT2D eigenvalue weighted by atomic mass is 10.00. The molecule has 3 aromatic rings. The molecule has 4 rings (SSSR count). The lowest BCUT2D eigenvalue weighted by Crippen LogP contribution is -2.39. The van der Waals surface area contributed by atoms with Crippen molar-refractivity contribution in [1.82, 2.24) is 19.9 Å². The maximum atomic E-state index is 13.2. The van der Waals surface area contributed by atoms with Gasteiger partial charge in [0.1, 0.15) is 5.82 Å². The van der Waals surface area contributed by atoms with Crippen molar-refractivity contribution in [3.05, 3.63) is 89.7 Å². The van der Waals surface area contributed by atoms with Crippen molar-refractivity contribution in [2.75, 3.05) is 18.7 Å². The number of nitrogens with one attached hydrogen (secondary N) is 2. The first-order valence-corrected chi connectivity index (χ1v) is 11.6. The lowest BCUT2D eigenvalue weighted by Gasteiger charge is -2.19. The number of benzene rings is 1. The van der Waals surface area contributed by atoms with Crippen LogP contribution < -0.4 is 20.1 Å². The molecule has 3 heterocycles. The smallest absolute Gasteiger partial charge is 0.253 e. The molecule has 0 spiro atoms. The third kappa shape index (κ3) is 6.04. The Morgan fingerprint density at radius 2 is 2.05 bits per heavy atom. The first kappa shape index (κ1) is 25.6. The molecule has 1 amide bonds. The van der Waals surface area contributed by atoms with Gasteiger partial charge in [-0.2, -0.15) is 4.98 Å². The second-order valence-electron chi connectivity index (χ2n) is 8.57. The third-order valence-electron chi connectivity index (χ3n) is 5.62. The highest BCUT2D eigenvalue weighted by molar-refractivity contribution is 5.94. The number of aliphatic hydroxyl groups excluding tert-OH is 1. The van der Waals surface area contributed by atoms with E-state index in [9.17, 15) is 14.3 Å². The summed E-state index contributed by atoms with van der Waals surface area (Å²) in [6, 6.07) is 6.34. The standard InChI is InChI=1S/C27H28FN5O4/c1-16(2)21(7-5-18(4)28)22(14-34)31-26(35)19-9-10-33(13-19)25-17(3)12-29-27(32-25)30-20-6-8-23-24(11-20)37-15-36-23/h5-13,22,34H,1,14-15H2,2-4H3,(H,31,35)(H,29,30,32)/b18-5+,21-7+. The van der Waals surface area contributed by atoms with Gasteiger partial charge in [0.05, 0.1) is 24.0 Å². The van der Waals surface area contributed by atoms with Gasteiger partial charge in [0, 0.05) is 35.9 Å². The predicted octanol–water partition coefficient (Wildman–Crippen LogP) is 4.51. The van der Waals surface area contributed by atoms with Gasteiger partial charge in [-0.05, 0) is 50.6 Å². The minimum atomic E-state index is -0.748. The molecule has 10 heteroatoms. The molecular formula is C27H28FN5O4. The van der Waals surface area contributed by atoms with Crippen molar-refractivity contribution in [1.29, 1.82) is 0 Å². The largest absolute Gasteiger partial charge is 0.454 e. The quantitative estimate of drug-likeness (QED) is 0.367. The summed E-state index contributed by atoms with van der Waals surface area (Å²) < 4.78 is 25.7. The molecule has 37 heavy (non-hydrogen) atoms. The number of aromatic nitrogens is 3. The van der Waals surface area contributed by atoms with E-state index < -0.39 is 17.8 Å². The van der Waals surface area contributed by atoms with E-state index in [-0.39, 0.29) is 13.4 Å². The van der Waals surface area contributed by atoms with Crippen molar-refractivity contribution in [3.63, 3.8) is 0 Å². The van der Waals surface area contributed by atoms with E-state index in [1.54, 1.807) is 48.3 Å². The Bertz CT molecular complexity index is 1390. The normalized spacial score (nSPS) is 13.9. The number of carbonyl (C=O) groups excluding carboxylic acids is 1. The Hall–Kier alpha value is -4.44. The molecule has 9 nitrogen and oxygen atoms in total. The summed E-state index contributed by atoms with van der Waals surface area (Å²) in [6.45, 7) is 8.59. The van der Waals surface area contributed by atoms with Gasteiger partial charge < -0.3 is 29.8 Å².